The number of hydrogen-bond acceptors (Lipinski definition) is 2. The highest BCUT2D eigenvalue weighted by atomic mass is 16.1. The normalized spacial score (nSPS) is 9.37. The largest absolute Gasteiger partial charge is 0.330 e. The molecule has 0 atom stereocenters. The summed E-state index contributed by atoms with van der Waals surface area (Å²) in [4.78, 5) is 10.8. The van der Waals surface area contributed by atoms with E-state index in [1.165, 1.54) is 12.8 Å². The summed E-state index contributed by atoms with van der Waals surface area (Å²) < 4.78 is 0. The number of nitrogens with two attached hydrogens (primary N) is 1. The molecule has 0 heterocycles. The Morgan fingerprint density at radius 2 is 1.63 bits per heavy atom. The van der Waals surface area contributed by atoms with Gasteiger partial charge in [-0.1, -0.05) is 67.9 Å². The van der Waals surface area contributed by atoms with Crippen molar-refractivity contribution in [2.75, 3.05) is 6.54 Å². The van der Waals surface area contributed by atoms with E-state index in [-0.39, 0.29) is 0 Å². The van der Waals surface area contributed by atoms with E-state index in [1.807, 2.05) is 54.6 Å². The van der Waals surface area contributed by atoms with Gasteiger partial charge in [-0.3, -0.25) is 4.79 Å². The average Bonchev–Trinajstić information content (AvgIpc) is 2.49. The van der Waals surface area contributed by atoms with Gasteiger partial charge in [-0.2, -0.15) is 0 Å². The number of hydrogen-bond donors (Lipinski definition) is 1. The van der Waals surface area contributed by atoms with E-state index in [0.29, 0.717) is 0 Å². The van der Waals surface area contributed by atoms with Gasteiger partial charge < -0.3 is 5.73 Å². The van der Waals surface area contributed by atoms with Crippen LogP contribution in [0.3, 0.4) is 0 Å². The third-order valence-electron chi connectivity index (χ3n) is 2.73. The summed E-state index contributed by atoms with van der Waals surface area (Å²) in [6.45, 7) is 2.98. The lowest BCUT2D eigenvalue weighted by molar-refractivity contribution is 0.112. The van der Waals surface area contributed by atoms with E-state index in [0.717, 1.165) is 29.5 Å². The zero-order valence-electron chi connectivity index (χ0n) is 11.4. The topological polar surface area (TPSA) is 43.1 Å². The van der Waals surface area contributed by atoms with Gasteiger partial charge in [0, 0.05) is 5.56 Å². The Kier molecular flexibility index (Phi) is 7.21. The van der Waals surface area contributed by atoms with Gasteiger partial charge in [0.25, 0.3) is 0 Å². The summed E-state index contributed by atoms with van der Waals surface area (Å²) >= 11 is 0. The molecule has 2 nitrogen and oxygen atoms in total. The van der Waals surface area contributed by atoms with Crippen molar-refractivity contribution in [2.45, 2.75) is 19.8 Å². The molecular formula is C17H21NO. The van der Waals surface area contributed by atoms with Gasteiger partial charge in [0.15, 0.2) is 6.29 Å². The molecule has 2 aromatic rings. The minimum atomic E-state index is 0.735. The molecule has 0 radical (unpaired) electrons. The Hall–Kier alpha value is -1.93. The number of carbonyl (C=O) groups is 1. The molecule has 0 saturated carbocycles. The van der Waals surface area contributed by atoms with Crippen LogP contribution in [0.25, 0.3) is 11.1 Å². The van der Waals surface area contributed by atoms with E-state index in [2.05, 4.69) is 6.92 Å². The monoisotopic (exact) mass is 255 g/mol. The van der Waals surface area contributed by atoms with Crippen molar-refractivity contribution in [2.24, 2.45) is 5.73 Å². The first kappa shape index (κ1) is 15.1. The van der Waals surface area contributed by atoms with Gasteiger partial charge in [-0.05, 0) is 24.1 Å². The van der Waals surface area contributed by atoms with Crippen LogP contribution in [-0.2, 0) is 0 Å². The molecule has 0 bridgehead atoms. The molecule has 2 rings (SSSR count). The lowest BCUT2D eigenvalue weighted by Crippen LogP contribution is -1.95. The maximum Gasteiger partial charge on any atom is 0.150 e. The van der Waals surface area contributed by atoms with Crippen LogP contribution in [0.2, 0.25) is 0 Å². The van der Waals surface area contributed by atoms with E-state index >= 15 is 0 Å². The van der Waals surface area contributed by atoms with Crippen molar-refractivity contribution in [1.29, 1.82) is 0 Å². The van der Waals surface area contributed by atoms with Crippen LogP contribution in [0.1, 0.15) is 30.1 Å². The Balaban J connectivity index is 0.000000312. The van der Waals surface area contributed by atoms with Gasteiger partial charge in [0.05, 0.1) is 0 Å². The number of carbonyl (C=O) groups excluding carboxylic acids is 1. The second-order valence-electron chi connectivity index (χ2n) is 4.21. The fraction of sp³-hybridized carbons (Fsp3) is 0.235. The van der Waals surface area contributed by atoms with Crippen LogP contribution >= 0.6 is 0 Å². The van der Waals surface area contributed by atoms with E-state index in [4.69, 9.17) is 5.73 Å². The van der Waals surface area contributed by atoms with E-state index in [1.54, 1.807) is 0 Å². The van der Waals surface area contributed by atoms with Crippen molar-refractivity contribution in [3.63, 3.8) is 0 Å². The second-order valence-corrected chi connectivity index (χ2v) is 4.21. The Morgan fingerprint density at radius 1 is 1.00 bits per heavy atom. The molecular weight excluding hydrogens is 234 g/mol. The Bertz CT molecular complexity index is 478. The minimum absolute atomic E-state index is 0.735. The van der Waals surface area contributed by atoms with E-state index in [9.17, 15) is 4.79 Å². The molecule has 2 heteroatoms. The average molecular weight is 255 g/mol. The molecule has 2 N–H and O–H groups in total. The zero-order chi connectivity index (χ0) is 13.9. The summed E-state index contributed by atoms with van der Waals surface area (Å²) in [5, 5.41) is 0. The van der Waals surface area contributed by atoms with Gasteiger partial charge in [-0.15, -0.1) is 0 Å². The van der Waals surface area contributed by atoms with Crippen LogP contribution in [0.5, 0.6) is 0 Å². The first-order chi connectivity index (χ1) is 9.33. The molecule has 0 amide bonds. The summed E-state index contributed by atoms with van der Waals surface area (Å²) in [5.74, 6) is 0. The molecule has 2 aromatic carbocycles. The third-order valence-corrected chi connectivity index (χ3v) is 2.73. The minimum Gasteiger partial charge on any atom is -0.330 e. The summed E-state index contributed by atoms with van der Waals surface area (Å²) in [6, 6.07) is 17.5. The van der Waals surface area contributed by atoms with Crippen LogP contribution in [-0.4, -0.2) is 12.8 Å². The standard InChI is InChI=1S/C13H10O.C4H11N/c14-10-12-8-4-5-9-13(12)11-6-2-1-3-7-11;1-2-3-4-5/h1-10H;2-5H2,1H3. The van der Waals surface area contributed by atoms with Gasteiger partial charge in [0.2, 0.25) is 0 Å². The van der Waals surface area contributed by atoms with E-state index < -0.39 is 0 Å². The lowest BCUT2D eigenvalue weighted by atomic mass is 10.0. The van der Waals surface area contributed by atoms with Crippen molar-refractivity contribution in [1.82, 2.24) is 0 Å². The molecule has 0 aliphatic heterocycles. The quantitative estimate of drug-likeness (QED) is 0.842. The van der Waals surface area contributed by atoms with Crippen LogP contribution < -0.4 is 5.73 Å². The fourth-order valence-corrected chi connectivity index (χ4v) is 1.68. The second kappa shape index (κ2) is 9.06. The molecule has 100 valence electrons. The lowest BCUT2D eigenvalue weighted by Gasteiger charge is -2.03. The van der Waals surface area contributed by atoms with Crippen LogP contribution in [0.4, 0.5) is 0 Å². The third kappa shape index (κ3) is 5.06. The van der Waals surface area contributed by atoms with Gasteiger partial charge >= 0.3 is 0 Å². The number of unbranched alkanes of at least 4 members (excludes halogenated alkanes) is 1. The highest BCUT2D eigenvalue weighted by Crippen LogP contribution is 2.21. The molecule has 0 spiro atoms. The summed E-state index contributed by atoms with van der Waals surface area (Å²) in [5.41, 5.74) is 7.94. The SMILES string of the molecule is CCCCN.O=Cc1ccccc1-c1ccccc1. The first-order valence-electron chi connectivity index (χ1n) is 6.63. The highest BCUT2D eigenvalue weighted by molar-refractivity contribution is 5.87. The van der Waals surface area contributed by atoms with Gasteiger partial charge in [0.1, 0.15) is 0 Å². The predicted octanol–water partition coefficient (Wildman–Crippen LogP) is 3.91. The predicted molar refractivity (Wildman–Crippen MR) is 81.2 cm³/mol. The van der Waals surface area contributed by atoms with Crippen molar-refractivity contribution < 1.29 is 4.79 Å². The molecule has 19 heavy (non-hydrogen) atoms. The zero-order valence-corrected chi connectivity index (χ0v) is 11.4. The summed E-state index contributed by atoms with van der Waals surface area (Å²) in [7, 11) is 0. The van der Waals surface area contributed by atoms with Crippen molar-refractivity contribution >= 4 is 6.29 Å². The first-order valence-corrected chi connectivity index (χ1v) is 6.63. The Labute approximate surface area is 115 Å². The number of benzene rings is 2. The van der Waals surface area contributed by atoms with Crippen molar-refractivity contribution in [3.8, 4) is 11.1 Å². The van der Waals surface area contributed by atoms with Crippen LogP contribution in [0, 0.1) is 0 Å². The van der Waals surface area contributed by atoms with Crippen LogP contribution in [0.15, 0.2) is 54.6 Å². The molecule has 0 aliphatic rings. The maximum atomic E-state index is 10.8. The highest BCUT2D eigenvalue weighted by Gasteiger charge is 2.01. The van der Waals surface area contributed by atoms with Crippen molar-refractivity contribution in [3.05, 3.63) is 60.2 Å². The molecule has 0 fully saturated rings. The summed E-state index contributed by atoms with van der Waals surface area (Å²) in [6.07, 6.45) is 3.28. The molecule has 0 aliphatic carbocycles. The smallest absolute Gasteiger partial charge is 0.150 e. The molecule has 0 saturated heterocycles. The molecule has 0 aromatic heterocycles. The fourth-order valence-electron chi connectivity index (χ4n) is 1.68. The molecule has 0 unspecified atom stereocenters. The Morgan fingerprint density at radius 3 is 2.16 bits per heavy atom. The maximum absolute atomic E-state index is 10.8. The number of rotatable bonds is 4. The number of aldehydes is 1. The van der Waals surface area contributed by atoms with Gasteiger partial charge in [-0.25, -0.2) is 0 Å².